The molecule has 0 atom stereocenters. The molecule has 1 aromatic rings. The average Bonchev–Trinajstić information content (AvgIpc) is 2.35. The molecule has 0 fully saturated rings. The zero-order chi connectivity index (χ0) is 13.4. The van der Waals surface area contributed by atoms with E-state index >= 15 is 0 Å². The maximum Gasteiger partial charge on any atom is 0.221 e. The number of nitrogens with zero attached hydrogens (tertiary/aromatic N) is 2. The highest BCUT2D eigenvalue weighted by molar-refractivity contribution is 6.30. The minimum absolute atomic E-state index is 0.0302. The number of halogens is 1. The van der Waals surface area contributed by atoms with E-state index in [0.29, 0.717) is 37.1 Å². The second-order valence-corrected chi connectivity index (χ2v) is 4.02. The summed E-state index contributed by atoms with van der Waals surface area (Å²) in [5.74, 6) is 0.622. The maximum atomic E-state index is 11.4. The van der Waals surface area contributed by atoms with Crippen LogP contribution in [-0.2, 0) is 9.53 Å². The van der Waals surface area contributed by atoms with E-state index in [1.807, 2.05) is 6.92 Å². The van der Waals surface area contributed by atoms with Crippen molar-refractivity contribution in [1.82, 2.24) is 15.3 Å². The van der Waals surface area contributed by atoms with Crippen molar-refractivity contribution in [2.75, 3.05) is 32.1 Å². The summed E-state index contributed by atoms with van der Waals surface area (Å²) in [5, 5.41) is 6.19. The number of hydrogen-bond donors (Lipinski definition) is 2. The van der Waals surface area contributed by atoms with E-state index in [1.54, 1.807) is 7.11 Å². The fraction of sp³-hybridized carbons (Fsp3) is 0.545. The second kappa shape index (κ2) is 7.84. The Kier molecular flexibility index (Phi) is 6.38. The molecule has 1 heterocycles. The van der Waals surface area contributed by atoms with Gasteiger partial charge in [0.1, 0.15) is 17.3 Å². The molecule has 0 aliphatic heterocycles. The number of carbonyl (C=O) groups is 1. The molecule has 0 aliphatic rings. The smallest absolute Gasteiger partial charge is 0.221 e. The molecule has 6 nitrogen and oxygen atoms in total. The predicted molar refractivity (Wildman–Crippen MR) is 69.8 cm³/mol. The number of anilines is 1. The molecule has 0 unspecified atom stereocenters. The Morgan fingerprint density at radius 3 is 2.94 bits per heavy atom. The van der Waals surface area contributed by atoms with Crippen LogP contribution < -0.4 is 10.6 Å². The average molecular weight is 273 g/mol. The molecule has 1 rings (SSSR count). The first kappa shape index (κ1) is 14.7. The van der Waals surface area contributed by atoms with Crippen molar-refractivity contribution in [2.24, 2.45) is 0 Å². The van der Waals surface area contributed by atoms with Gasteiger partial charge in [0.25, 0.3) is 0 Å². The van der Waals surface area contributed by atoms with E-state index in [4.69, 9.17) is 16.3 Å². The van der Waals surface area contributed by atoms with Gasteiger partial charge >= 0.3 is 0 Å². The first-order valence-corrected chi connectivity index (χ1v) is 5.99. The molecule has 100 valence electrons. The van der Waals surface area contributed by atoms with Crippen molar-refractivity contribution in [3.63, 3.8) is 0 Å². The lowest BCUT2D eigenvalue weighted by molar-refractivity contribution is -0.121. The molecule has 1 amide bonds. The number of aromatic nitrogens is 2. The van der Waals surface area contributed by atoms with Gasteiger partial charge in [-0.15, -0.1) is 0 Å². The zero-order valence-electron chi connectivity index (χ0n) is 10.5. The number of amides is 1. The SMILES string of the molecule is COCCNC(=O)CCNc1ncnc(Cl)c1C. The summed E-state index contributed by atoms with van der Waals surface area (Å²) in [6, 6.07) is 0. The summed E-state index contributed by atoms with van der Waals surface area (Å²) < 4.78 is 4.83. The van der Waals surface area contributed by atoms with Gasteiger partial charge in [0, 0.05) is 32.2 Å². The number of nitrogens with one attached hydrogen (secondary N) is 2. The number of ether oxygens (including phenoxy) is 1. The van der Waals surface area contributed by atoms with Crippen LogP contribution in [0.15, 0.2) is 6.33 Å². The Balaban J connectivity index is 2.29. The van der Waals surface area contributed by atoms with Crippen molar-refractivity contribution >= 4 is 23.3 Å². The number of carbonyl (C=O) groups excluding carboxylic acids is 1. The fourth-order valence-electron chi connectivity index (χ4n) is 1.28. The van der Waals surface area contributed by atoms with E-state index in [-0.39, 0.29) is 5.91 Å². The number of methoxy groups -OCH3 is 1. The zero-order valence-corrected chi connectivity index (χ0v) is 11.3. The highest BCUT2D eigenvalue weighted by Crippen LogP contribution is 2.17. The van der Waals surface area contributed by atoms with Crippen LogP contribution in [0.3, 0.4) is 0 Å². The van der Waals surface area contributed by atoms with Crippen LogP contribution in [0.2, 0.25) is 5.15 Å². The van der Waals surface area contributed by atoms with Crippen LogP contribution in [-0.4, -0.2) is 42.7 Å². The van der Waals surface area contributed by atoms with E-state index < -0.39 is 0 Å². The minimum Gasteiger partial charge on any atom is -0.383 e. The Labute approximate surface area is 111 Å². The third-order valence-corrected chi connectivity index (χ3v) is 2.68. The Bertz CT molecular complexity index is 401. The standard InChI is InChI=1S/C11H17ClN4O2/c1-8-10(12)15-7-16-11(8)14-4-3-9(17)13-5-6-18-2/h7H,3-6H2,1-2H3,(H,13,17)(H,14,15,16). The molecule has 1 aromatic heterocycles. The van der Waals surface area contributed by atoms with Crippen LogP contribution in [0.5, 0.6) is 0 Å². The lowest BCUT2D eigenvalue weighted by atomic mass is 10.3. The minimum atomic E-state index is -0.0302. The van der Waals surface area contributed by atoms with Gasteiger partial charge in [-0.1, -0.05) is 11.6 Å². The van der Waals surface area contributed by atoms with Gasteiger partial charge < -0.3 is 15.4 Å². The molecule has 0 radical (unpaired) electrons. The summed E-state index contributed by atoms with van der Waals surface area (Å²) >= 11 is 5.86. The molecule has 2 N–H and O–H groups in total. The van der Waals surface area contributed by atoms with E-state index in [9.17, 15) is 4.79 Å². The third-order valence-electron chi connectivity index (χ3n) is 2.30. The Morgan fingerprint density at radius 1 is 1.44 bits per heavy atom. The first-order valence-electron chi connectivity index (χ1n) is 5.61. The lowest BCUT2D eigenvalue weighted by Gasteiger charge is -2.08. The lowest BCUT2D eigenvalue weighted by Crippen LogP contribution is -2.28. The molecule has 7 heteroatoms. The van der Waals surface area contributed by atoms with Crippen LogP contribution >= 0.6 is 11.6 Å². The summed E-state index contributed by atoms with van der Waals surface area (Å²) in [4.78, 5) is 19.3. The van der Waals surface area contributed by atoms with E-state index in [2.05, 4.69) is 20.6 Å². The van der Waals surface area contributed by atoms with Crippen LogP contribution in [0.25, 0.3) is 0 Å². The van der Waals surface area contributed by atoms with Gasteiger partial charge in [-0.3, -0.25) is 4.79 Å². The fourth-order valence-corrected chi connectivity index (χ4v) is 1.42. The molecule has 0 aromatic carbocycles. The first-order chi connectivity index (χ1) is 8.65. The second-order valence-electron chi connectivity index (χ2n) is 3.66. The van der Waals surface area contributed by atoms with Crippen LogP contribution in [0, 0.1) is 6.92 Å². The van der Waals surface area contributed by atoms with Crippen molar-refractivity contribution in [3.8, 4) is 0 Å². The van der Waals surface area contributed by atoms with Crippen molar-refractivity contribution in [2.45, 2.75) is 13.3 Å². The maximum absolute atomic E-state index is 11.4. The summed E-state index contributed by atoms with van der Waals surface area (Å²) in [7, 11) is 1.59. The monoisotopic (exact) mass is 272 g/mol. The summed E-state index contributed by atoms with van der Waals surface area (Å²) in [6.45, 7) is 3.35. The molecule has 0 aliphatic carbocycles. The van der Waals surface area contributed by atoms with Crippen molar-refractivity contribution in [1.29, 1.82) is 0 Å². The van der Waals surface area contributed by atoms with E-state index in [0.717, 1.165) is 5.56 Å². The van der Waals surface area contributed by atoms with Gasteiger partial charge in [-0.05, 0) is 6.92 Å². The molecule has 0 spiro atoms. The largest absolute Gasteiger partial charge is 0.383 e. The molecular weight excluding hydrogens is 256 g/mol. The topological polar surface area (TPSA) is 76.1 Å². The third kappa shape index (κ3) is 4.85. The number of rotatable bonds is 7. The van der Waals surface area contributed by atoms with Gasteiger partial charge in [0.2, 0.25) is 5.91 Å². The predicted octanol–water partition coefficient (Wildman–Crippen LogP) is 1.00. The number of hydrogen-bond acceptors (Lipinski definition) is 5. The summed E-state index contributed by atoms with van der Waals surface area (Å²) in [5.41, 5.74) is 0.777. The van der Waals surface area contributed by atoms with Crippen molar-refractivity contribution in [3.05, 3.63) is 17.0 Å². The highest BCUT2D eigenvalue weighted by atomic mass is 35.5. The van der Waals surface area contributed by atoms with Crippen LogP contribution in [0.4, 0.5) is 5.82 Å². The Morgan fingerprint density at radius 2 is 2.22 bits per heavy atom. The van der Waals surface area contributed by atoms with Crippen molar-refractivity contribution < 1.29 is 9.53 Å². The van der Waals surface area contributed by atoms with Gasteiger partial charge in [-0.25, -0.2) is 9.97 Å². The van der Waals surface area contributed by atoms with Gasteiger partial charge in [0.15, 0.2) is 0 Å². The molecule has 0 saturated heterocycles. The molecule has 0 saturated carbocycles. The van der Waals surface area contributed by atoms with Crippen LogP contribution in [0.1, 0.15) is 12.0 Å². The molecule has 18 heavy (non-hydrogen) atoms. The van der Waals surface area contributed by atoms with Gasteiger partial charge in [-0.2, -0.15) is 0 Å². The molecule has 0 bridgehead atoms. The molecular formula is C11H17ClN4O2. The van der Waals surface area contributed by atoms with Gasteiger partial charge in [0.05, 0.1) is 6.61 Å². The normalized spacial score (nSPS) is 10.2. The van der Waals surface area contributed by atoms with E-state index in [1.165, 1.54) is 6.33 Å². The highest BCUT2D eigenvalue weighted by Gasteiger charge is 2.05. The Hall–Kier alpha value is -1.40. The quantitative estimate of drug-likeness (QED) is 0.572. The summed E-state index contributed by atoms with van der Waals surface area (Å²) in [6.07, 6.45) is 1.75.